The molecule has 0 saturated carbocycles. The molecule has 0 bridgehead atoms. The van der Waals surface area contributed by atoms with Crippen LogP contribution in [0.3, 0.4) is 0 Å². The van der Waals surface area contributed by atoms with Crippen molar-refractivity contribution in [3.05, 3.63) is 59.9 Å². The van der Waals surface area contributed by atoms with Crippen molar-refractivity contribution in [2.75, 3.05) is 32.8 Å². The zero-order valence-electron chi connectivity index (χ0n) is 14.9. The number of aromatic nitrogens is 1. The number of likely N-dealkylation sites (N-methyl/N-ethyl adjacent to an activating group) is 1. The molecule has 134 valence electrons. The summed E-state index contributed by atoms with van der Waals surface area (Å²) < 4.78 is 11.7. The zero-order valence-corrected chi connectivity index (χ0v) is 14.9. The Balaban J connectivity index is 1.43. The third-order valence-electron chi connectivity index (χ3n) is 4.38. The van der Waals surface area contributed by atoms with E-state index < -0.39 is 0 Å². The number of hydrogen-bond acceptors (Lipinski definition) is 5. The van der Waals surface area contributed by atoms with E-state index in [1.807, 2.05) is 30.3 Å². The van der Waals surface area contributed by atoms with Crippen molar-refractivity contribution in [3.8, 4) is 5.75 Å². The van der Waals surface area contributed by atoms with Gasteiger partial charge in [-0.05, 0) is 36.4 Å². The number of nitrogens with zero attached hydrogens (tertiary/aromatic N) is 2. The highest BCUT2D eigenvalue weighted by Crippen LogP contribution is 2.15. The van der Waals surface area contributed by atoms with Crippen LogP contribution in [0.4, 0.5) is 0 Å². The molecule has 2 heterocycles. The fourth-order valence-corrected chi connectivity index (χ4v) is 2.95. The molecule has 0 spiro atoms. The van der Waals surface area contributed by atoms with E-state index in [4.69, 9.17) is 9.47 Å². The van der Waals surface area contributed by atoms with Gasteiger partial charge in [0.2, 0.25) is 0 Å². The molecule has 2 aromatic rings. The highest BCUT2D eigenvalue weighted by Gasteiger charge is 2.18. The first-order valence-corrected chi connectivity index (χ1v) is 9.00. The van der Waals surface area contributed by atoms with Crippen LogP contribution in [-0.4, -0.2) is 48.8 Å². The van der Waals surface area contributed by atoms with E-state index >= 15 is 0 Å². The average Bonchev–Trinajstić information content (AvgIpc) is 2.68. The van der Waals surface area contributed by atoms with Crippen molar-refractivity contribution >= 4 is 0 Å². The lowest BCUT2D eigenvalue weighted by molar-refractivity contribution is -0.0253. The highest BCUT2D eigenvalue weighted by atomic mass is 16.5. The maximum Gasteiger partial charge on any atom is 0.130 e. The lowest BCUT2D eigenvalue weighted by atomic mass is 10.2. The third kappa shape index (κ3) is 5.81. The van der Waals surface area contributed by atoms with Gasteiger partial charge in [0.25, 0.3) is 0 Å². The summed E-state index contributed by atoms with van der Waals surface area (Å²) >= 11 is 0. The maximum atomic E-state index is 5.84. The minimum atomic E-state index is 0.275. The van der Waals surface area contributed by atoms with E-state index in [0.717, 1.165) is 50.8 Å². The molecule has 1 aliphatic heterocycles. The Morgan fingerprint density at radius 2 is 2.24 bits per heavy atom. The molecule has 0 amide bonds. The Morgan fingerprint density at radius 3 is 3.08 bits per heavy atom. The molecule has 1 aromatic heterocycles. The molecule has 3 rings (SSSR count). The van der Waals surface area contributed by atoms with Gasteiger partial charge in [-0.15, -0.1) is 0 Å². The van der Waals surface area contributed by atoms with Gasteiger partial charge in [-0.2, -0.15) is 0 Å². The fraction of sp³-hybridized carbons (Fsp3) is 0.450. The van der Waals surface area contributed by atoms with Crippen LogP contribution in [0.2, 0.25) is 0 Å². The Kier molecular flexibility index (Phi) is 6.79. The van der Waals surface area contributed by atoms with Gasteiger partial charge in [-0.25, -0.2) is 0 Å². The molecule has 1 saturated heterocycles. The van der Waals surface area contributed by atoms with Crippen LogP contribution < -0.4 is 10.1 Å². The van der Waals surface area contributed by atoms with E-state index in [0.29, 0.717) is 6.61 Å². The lowest BCUT2D eigenvalue weighted by Gasteiger charge is -2.32. The number of morpholine rings is 1. The van der Waals surface area contributed by atoms with Crippen molar-refractivity contribution in [2.45, 2.75) is 26.2 Å². The second-order valence-electron chi connectivity index (χ2n) is 6.27. The molecule has 0 aliphatic carbocycles. The molecule has 5 nitrogen and oxygen atoms in total. The standard InChI is InChI=1S/C20H27N3O2/c1-2-23-10-11-24-20(15-23)14-21-13-17-6-5-8-19(12-17)25-16-18-7-3-4-9-22-18/h3-9,12,20-21H,2,10-11,13-16H2,1H3/t20-/m0/s1. The van der Waals surface area contributed by atoms with E-state index in [2.05, 4.69) is 34.3 Å². The summed E-state index contributed by atoms with van der Waals surface area (Å²) in [6.45, 7) is 8.35. The minimum Gasteiger partial charge on any atom is -0.487 e. The molecule has 1 atom stereocenters. The Bertz CT molecular complexity index is 636. The first-order chi connectivity index (χ1) is 12.3. The topological polar surface area (TPSA) is 46.6 Å². The average molecular weight is 341 g/mol. The molecule has 5 heteroatoms. The second kappa shape index (κ2) is 9.51. The van der Waals surface area contributed by atoms with Crippen LogP contribution in [0.25, 0.3) is 0 Å². The van der Waals surface area contributed by atoms with Gasteiger partial charge in [0.1, 0.15) is 12.4 Å². The van der Waals surface area contributed by atoms with Crippen LogP contribution in [0.5, 0.6) is 5.75 Å². The Labute approximate surface area is 150 Å². The summed E-state index contributed by atoms with van der Waals surface area (Å²) in [5, 5.41) is 3.50. The lowest BCUT2D eigenvalue weighted by Crippen LogP contribution is -2.46. The SMILES string of the molecule is CCN1CCO[C@@H](CNCc2cccc(OCc3ccccn3)c2)C1. The number of hydrogen-bond donors (Lipinski definition) is 1. The van der Waals surface area contributed by atoms with Gasteiger partial charge in [0.05, 0.1) is 18.4 Å². The fourth-order valence-electron chi connectivity index (χ4n) is 2.95. The van der Waals surface area contributed by atoms with Crippen LogP contribution in [-0.2, 0) is 17.9 Å². The number of benzene rings is 1. The van der Waals surface area contributed by atoms with Gasteiger partial charge in [-0.1, -0.05) is 25.1 Å². The zero-order chi connectivity index (χ0) is 17.3. The van der Waals surface area contributed by atoms with Crippen molar-refractivity contribution in [3.63, 3.8) is 0 Å². The third-order valence-corrected chi connectivity index (χ3v) is 4.38. The van der Waals surface area contributed by atoms with Crippen LogP contribution >= 0.6 is 0 Å². The van der Waals surface area contributed by atoms with E-state index in [-0.39, 0.29) is 6.10 Å². The van der Waals surface area contributed by atoms with Crippen molar-refractivity contribution in [2.24, 2.45) is 0 Å². The summed E-state index contributed by atoms with van der Waals surface area (Å²) in [7, 11) is 0. The summed E-state index contributed by atoms with van der Waals surface area (Å²) in [6.07, 6.45) is 2.06. The molecular weight excluding hydrogens is 314 g/mol. The molecular formula is C20H27N3O2. The Morgan fingerprint density at radius 1 is 1.28 bits per heavy atom. The predicted octanol–water partition coefficient (Wildman–Crippen LogP) is 2.47. The molecule has 1 N–H and O–H groups in total. The van der Waals surface area contributed by atoms with E-state index in [1.165, 1.54) is 5.56 Å². The van der Waals surface area contributed by atoms with Gasteiger partial charge >= 0.3 is 0 Å². The molecule has 0 unspecified atom stereocenters. The number of rotatable bonds is 8. The number of nitrogens with one attached hydrogen (secondary N) is 1. The molecule has 1 aliphatic rings. The number of ether oxygens (including phenoxy) is 2. The minimum absolute atomic E-state index is 0.275. The maximum absolute atomic E-state index is 5.84. The van der Waals surface area contributed by atoms with Crippen molar-refractivity contribution < 1.29 is 9.47 Å². The van der Waals surface area contributed by atoms with Gasteiger partial charge < -0.3 is 14.8 Å². The van der Waals surface area contributed by atoms with Gasteiger partial charge in [0, 0.05) is 32.4 Å². The summed E-state index contributed by atoms with van der Waals surface area (Å²) in [4.78, 5) is 6.71. The smallest absolute Gasteiger partial charge is 0.130 e. The first kappa shape index (κ1) is 17.9. The van der Waals surface area contributed by atoms with E-state index in [9.17, 15) is 0 Å². The van der Waals surface area contributed by atoms with Crippen LogP contribution in [0, 0.1) is 0 Å². The van der Waals surface area contributed by atoms with Gasteiger partial charge in [0.15, 0.2) is 0 Å². The second-order valence-corrected chi connectivity index (χ2v) is 6.27. The quantitative estimate of drug-likeness (QED) is 0.799. The molecule has 1 aromatic carbocycles. The van der Waals surface area contributed by atoms with Crippen molar-refractivity contribution in [1.29, 1.82) is 0 Å². The molecule has 25 heavy (non-hydrogen) atoms. The van der Waals surface area contributed by atoms with Crippen LogP contribution in [0.15, 0.2) is 48.7 Å². The monoisotopic (exact) mass is 341 g/mol. The summed E-state index contributed by atoms with van der Waals surface area (Å²) in [6, 6.07) is 14.0. The van der Waals surface area contributed by atoms with Crippen molar-refractivity contribution in [1.82, 2.24) is 15.2 Å². The predicted molar refractivity (Wildman–Crippen MR) is 98.6 cm³/mol. The number of pyridine rings is 1. The summed E-state index contributed by atoms with van der Waals surface area (Å²) in [5.41, 5.74) is 2.14. The Hall–Kier alpha value is -1.95. The summed E-state index contributed by atoms with van der Waals surface area (Å²) in [5.74, 6) is 0.871. The molecule has 1 fully saturated rings. The van der Waals surface area contributed by atoms with Gasteiger partial charge in [-0.3, -0.25) is 9.88 Å². The first-order valence-electron chi connectivity index (χ1n) is 9.00. The largest absolute Gasteiger partial charge is 0.487 e. The normalized spacial score (nSPS) is 18.2. The van der Waals surface area contributed by atoms with E-state index in [1.54, 1.807) is 6.20 Å². The molecule has 0 radical (unpaired) electrons. The van der Waals surface area contributed by atoms with Crippen LogP contribution in [0.1, 0.15) is 18.2 Å². The highest BCUT2D eigenvalue weighted by molar-refractivity contribution is 5.28.